The van der Waals surface area contributed by atoms with E-state index in [1.54, 1.807) is 0 Å². The van der Waals surface area contributed by atoms with Gasteiger partial charge in [-0.25, -0.2) is 0 Å². The zero-order valence-corrected chi connectivity index (χ0v) is 16.9. The number of benzene rings is 3. The first-order valence-corrected chi connectivity index (χ1v) is 10.0. The van der Waals surface area contributed by atoms with Gasteiger partial charge in [0.15, 0.2) is 6.61 Å². The lowest BCUT2D eigenvalue weighted by Crippen LogP contribution is -2.36. The molecule has 0 radical (unpaired) electrons. The number of para-hydroxylation sites is 1. The molecule has 0 atom stereocenters. The van der Waals surface area contributed by atoms with Crippen molar-refractivity contribution in [3.05, 3.63) is 95.1 Å². The van der Waals surface area contributed by atoms with Gasteiger partial charge < -0.3 is 15.0 Å². The number of hydrogen-bond acceptors (Lipinski definition) is 3. The molecule has 1 heterocycles. The van der Waals surface area contributed by atoms with E-state index < -0.39 is 0 Å². The molecule has 0 fully saturated rings. The van der Waals surface area contributed by atoms with Crippen LogP contribution in [0.4, 0.5) is 5.69 Å². The fourth-order valence-corrected chi connectivity index (χ4v) is 3.63. The number of hydrogen-bond donors (Lipinski definition) is 1. The SMILES string of the molecule is Cc1ccccc1OCC(=O)Nc1ccc2c(c1)CN(C(=O)c1ccccc1)CC2. The lowest BCUT2D eigenvalue weighted by atomic mass is 9.98. The Bertz CT molecular complexity index is 1060. The monoisotopic (exact) mass is 400 g/mol. The van der Waals surface area contributed by atoms with Crippen molar-refractivity contribution in [2.24, 2.45) is 0 Å². The van der Waals surface area contributed by atoms with Crippen molar-refractivity contribution in [2.45, 2.75) is 19.9 Å². The topological polar surface area (TPSA) is 58.6 Å². The number of carbonyl (C=O) groups is 2. The molecule has 0 spiro atoms. The summed E-state index contributed by atoms with van der Waals surface area (Å²) in [5.41, 5.74) is 4.66. The van der Waals surface area contributed by atoms with E-state index in [0.717, 1.165) is 17.5 Å². The van der Waals surface area contributed by atoms with Crippen LogP contribution in [0.2, 0.25) is 0 Å². The zero-order valence-electron chi connectivity index (χ0n) is 16.9. The second-order valence-corrected chi connectivity index (χ2v) is 7.43. The van der Waals surface area contributed by atoms with Crippen molar-refractivity contribution in [2.75, 3.05) is 18.5 Å². The molecule has 4 rings (SSSR count). The molecule has 1 aliphatic rings. The predicted octanol–water partition coefficient (Wildman–Crippen LogP) is 4.21. The molecule has 2 amide bonds. The smallest absolute Gasteiger partial charge is 0.262 e. The Morgan fingerprint density at radius 2 is 1.73 bits per heavy atom. The minimum absolute atomic E-state index is 0.0299. The van der Waals surface area contributed by atoms with Crippen LogP contribution in [-0.4, -0.2) is 29.9 Å². The lowest BCUT2D eigenvalue weighted by Gasteiger charge is -2.29. The van der Waals surface area contributed by atoms with E-state index in [1.807, 2.05) is 84.6 Å². The third-order valence-corrected chi connectivity index (χ3v) is 5.26. The van der Waals surface area contributed by atoms with Gasteiger partial charge in [-0.3, -0.25) is 9.59 Å². The summed E-state index contributed by atoms with van der Waals surface area (Å²) in [5.74, 6) is 0.515. The molecule has 0 aromatic heterocycles. The molecule has 0 bridgehead atoms. The number of carbonyl (C=O) groups excluding carboxylic acids is 2. The van der Waals surface area contributed by atoms with E-state index in [-0.39, 0.29) is 18.4 Å². The molecule has 0 unspecified atom stereocenters. The summed E-state index contributed by atoms with van der Waals surface area (Å²) in [6, 6.07) is 22.8. The van der Waals surface area contributed by atoms with E-state index in [9.17, 15) is 9.59 Å². The molecule has 30 heavy (non-hydrogen) atoms. The van der Waals surface area contributed by atoms with Crippen molar-refractivity contribution >= 4 is 17.5 Å². The molecule has 1 aliphatic heterocycles. The van der Waals surface area contributed by atoms with Gasteiger partial charge >= 0.3 is 0 Å². The normalized spacial score (nSPS) is 12.8. The molecular weight excluding hydrogens is 376 g/mol. The summed E-state index contributed by atoms with van der Waals surface area (Å²) in [6.45, 7) is 3.11. The van der Waals surface area contributed by atoms with Crippen LogP contribution in [0.3, 0.4) is 0 Å². The van der Waals surface area contributed by atoms with E-state index in [2.05, 4.69) is 5.32 Å². The standard InChI is InChI=1S/C25H24N2O3/c1-18-7-5-6-10-23(18)30-17-24(28)26-22-12-11-19-13-14-27(16-21(19)15-22)25(29)20-8-3-2-4-9-20/h2-12,15H,13-14,16-17H2,1H3,(H,26,28). The van der Waals surface area contributed by atoms with Gasteiger partial charge in [0.05, 0.1) is 0 Å². The van der Waals surface area contributed by atoms with Crippen LogP contribution in [0.5, 0.6) is 5.75 Å². The lowest BCUT2D eigenvalue weighted by molar-refractivity contribution is -0.118. The maximum atomic E-state index is 12.8. The van der Waals surface area contributed by atoms with Gasteiger partial charge in [-0.2, -0.15) is 0 Å². The number of anilines is 1. The summed E-state index contributed by atoms with van der Waals surface area (Å²) in [4.78, 5) is 26.9. The summed E-state index contributed by atoms with van der Waals surface area (Å²) >= 11 is 0. The van der Waals surface area contributed by atoms with Crippen molar-refractivity contribution < 1.29 is 14.3 Å². The summed E-state index contributed by atoms with van der Waals surface area (Å²) < 4.78 is 5.62. The highest BCUT2D eigenvalue weighted by Gasteiger charge is 2.22. The summed E-state index contributed by atoms with van der Waals surface area (Å²) in [6.07, 6.45) is 0.804. The van der Waals surface area contributed by atoms with Crippen LogP contribution in [0, 0.1) is 6.92 Å². The minimum atomic E-state index is -0.216. The first-order chi connectivity index (χ1) is 14.6. The Morgan fingerprint density at radius 1 is 0.967 bits per heavy atom. The van der Waals surface area contributed by atoms with E-state index in [0.29, 0.717) is 30.1 Å². The number of nitrogens with zero attached hydrogens (tertiary/aromatic N) is 1. The van der Waals surface area contributed by atoms with Gasteiger partial charge in [0.2, 0.25) is 0 Å². The van der Waals surface area contributed by atoms with Crippen LogP contribution in [0.25, 0.3) is 0 Å². The number of rotatable bonds is 5. The molecule has 1 N–H and O–H groups in total. The third kappa shape index (κ3) is 4.51. The molecule has 0 aliphatic carbocycles. The second kappa shape index (κ2) is 8.82. The Hall–Kier alpha value is -3.60. The maximum absolute atomic E-state index is 12.8. The highest BCUT2D eigenvalue weighted by molar-refractivity contribution is 5.94. The zero-order chi connectivity index (χ0) is 20.9. The van der Waals surface area contributed by atoms with Crippen molar-refractivity contribution in [3.63, 3.8) is 0 Å². The van der Waals surface area contributed by atoms with Crippen LogP contribution in [0.15, 0.2) is 72.8 Å². The van der Waals surface area contributed by atoms with Gasteiger partial charge in [0, 0.05) is 24.3 Å². The molecule has 5 nitrogen and oxygen atoms in total. The first-order valence-electron chi connectivity index (χ1n) is 10.0. The van der Waals surface area contributed by atoms with Crippen LogP contribution >= 0.6 is 0 Å². The third-order valence-electron chi connectivity index (χ3n) is 5.26. The van der Waals surface area contributed by atoms with E-state index in [1.165, 1.54) is 5.56 Å². The van der Waals surface area contributed by atoms with Crippen molar-refractivity contribution in [1.82, 2.24) is 4.90 Å². The molecule has 0 saturated heterocycles. The van der Waals surface area contributed by atoms with Crippen LogP contribution < -0.4 is 10.1 Å². The number of amides is 2. The Labute approximate surface area is 176 Å². The van der Waals surface area contributed by atoms with Gasteiger partial charge in [-0.05, 0) is 60.4 Å². The van der Waals surface area contributed by atoms with Gasteiger partial charge in [0.25, 0.3) is 11.8 Å². The van der Waals surface area contributed by atoms with Crippen molar-refractivity contribution in [3.8, 4) is 5.75 Å². The van der Waals surface area contributed by atoms with Gasteiger partial charge in [0.1, 0.15) is 5.75 Å². The molecular formula is C25H24N2O3. The largest absolute Gasteiger partial charge is 0.483 e. The predicted molar refractivity (Wildman–Crippen MR) is 117 cm³/mol. The quantitative estimate of drug-likeness (QED) is 0.698. The molecule has 3 aromatic rings. The Balaban J connectivity index is 1.39. The Kier molecular flexibility index (Phi) is 5.80. The summed E-state index contributed by atoms with van der Waals surface area (Å²) in [7, 11) is 0. The highest BCUT2D eigenvalue weighted by atomic mass is 16.5. The fourth-order valence-electron chi connectivity index (χ4n) is 3.63. The second-order valence-electron chi connectivity index (χ2n) is 7.43. The molecule has 152 valence electrons. The average molecular weight is 400 g/mol. The van der Waals surface area contributed by atoms with Crippen molar-refractivity contribution in [1.29, 1.82) is 0 Å². The highest BCUT2D eigenvalue weighted by Crippen LogP contribution is 2.24. The van der Waals surface area contributed by atoms with Gasteiger partial charge in [-0.15, -0.1) is 0 Å². The summed E-state index contributed by atoms with van der Waals surface area (Å²) in [5, 5.41) is 2.89. The van der Waals surface area contributed by atoms with E-state index >= 15 is 0 Å². The van der Waals surface area contributed by atoms with Crippen LogP contribution in [0.1, 0.15) is 27.0 Å². The first kappa shape index (κ1) is 19.7. The fraction of sp³-hybridized carbons (Fsp3) is 0.200. The maximum Gasteiger partial charge on any atom is 0.262 e. The number of aryl methyl sites for hydroxylation is 1. The number of ether oxygens (including phenoxy) is 1. The number of fused-ring (bicyclic) bond motifs is 1. The van der Waals surface area contributed by atoms with E-state index in [4.69, 9.17) is 4.74 Å². The number of nitrogens with one attached hydrogen (secondary N) is 1. The molecule has 3 aromatic carbocycles. The average Bonchev–Trinajstić information content (AvgIpc) is 2.78. The minimum Gasteiger partial charge on any atom is -0.483 e. The van der Waals surface area contributed by atoms with Gasteiger partial charge in [-0.1, -0.05) is 42.5 Å². The van der Waals surface area contributed by atoms with Crippen LogP contribution in [-0.2, 0) is 17.8 Å². The molecule has 5 heteroatoms. The molecule has 0 saturated carbocycles. The Morgan fingerprint density at radius 3 is 2.53 bits per heavy atom.